The van der Waals surface area contributed by atoms with Gasteiger partial charge in [-0.25, -0.2) is 9.52 Å². The molecule has 1 amide bonds. The fourth-order valence-electron chi connectivity index (χ4n) is 1.13. The minimum atomic E-state index is -4.23. The predicted molar refractivity (Wildman–Crippen MR) is 63.2 cm³/mol. The van der Waals surface area contributed by atoms with E-state index in [9.17, 15) is 18.0 Å². The Labute approximate surface area is 106 Å². The molecule has 3 N–H and O–H groups in total. The molecule has 0 heterocycles. The van der Waals surface area contributed by atoms with Gasteiger partial charge in [0.1, 0.15) is 6.04 Å². The molecule has 1 atom stereocenters. The second-order valence-electron chi connectivity index (χ2n) is 3.48. The first-order chi connectivity index (χ1) is 8.32. The molecule has 0 bridgehead atoms. The summed E-state index contributed by atoms with van der Waals surface area (Å²) < 4.78 is 30.6. The first kappa shape index (κ1) is 16.6. The van der Waals surface area contributed by atoms with Crippen molar-refractivity contribution in [3.8, 4) is 0 Å². The van der Waals surface area contributed by atoms with Crippen molar-refractivity contribution in [1.29, 1.82) is 0 Å². The SMILES string of the molecule is CCCC[C@H](NS(=O)(=O)NC(=O)OCC)C(=O)O. The lowest BCUT2D eigenvalue weighted by Gasteiger charge is -2.14. The highest BCUT2D eigenvalue weighted by molar-refractivity contribution is 7.88. The zero-order chi connectivity index (χ0) is 14.2. The molecule has 0 unspecified atom stereocenters. The van der Waals surface area contributed by atoms with E-state index < -0.39 is 28.3 Å². The van der Waals surface area contributed by atoms with E-state index in [-0.39, 0.29) is 13.0 Å². The number of nitrogens with one attached hydrogen (secondary N) is 2. The van der Waals surface area contributed by atoms with Crippen LogP contribution in [0.2, 0.25) is 0 Å². The molecular weight excluding hydrogens is 264 g/mol. The van der Waals surface area contributed by atoms with E-state index in [1.165, 1.54) is 6.92 Å². The Morgan fingerprint density at radius 2 is 1.94 bits per heavy atom. The number of amides is 1. The lowest BCUT2D eigenvalue weighted by molar-refractivity contribution is -0.139. The Hall–Kier alpha value is -1.35. The third-order valence-electron chi connectivity index (χ3n) is 1.93. The third-order valence-corrected chi connectivity index (χ3v) is 2.97. The molecule has 0 rings (SSSR count). The average Bonchev–Trinajstić information content (AvgIpc) is 2.23. The monoisotopic (exact) mass is 282 g/mol. The number of rotatable bonds is 8. The Morgan fingerprint density at radius 3 is 2.39 bits per heavy atom. The topological polar surface area (TPSA) is 122 Å². The van der Waals surface area contributed by atoms with Crippen LogP contribution in [-0.2, 0) is 19.7 Å². The third kappa shape index (κ3) is 7.07. The standard InChI is InChI=1S/C9H18N2O6S/c1-3-5-6-7(8(12)13)10-18(15,16)11-9(14)17-4-2/h7,10H,3-6H2,1-2H3,(H,11,14)(H,12,13)/t7-/m0/s1. The van der Waals surface area contributed by atoms with E-state index in [0.717, 1.165) is 6.42 Å². The molecule has 0 aromatic rings. The molecule has 0 fully saturated rings. The highest BCUT2D eigenvalue weighted by Crippen LogP contribution is 2.02. The van der Waals surface area contributed by atoms with Gasteiger partial charge in [-0.05, 0) is 13.3 Å². The van der Waals surface area contributed by atoms with E-state index in [1.54, 1.807) is 4.72 Å². The number of carbonyl (C=O) groups is 2. The van der Waals surface area contributed by atoms with Crippen LogP contribution in [0.1, 0.15) is 33.1 Å². The highest BCUT2D eigenvalue weighted by atomic mass is 32.2. The van der Waals surface area contributed by atoms with Crippen LogP contribution >= 0.6 is 0 Å². The number of unbranched alkanes of at least 4 members (excludes halogenated alkanes) is 1. The van der Waals surface area contributed by atoms with Crippen LogP contribution in [0.3, 0.4) is 0 Å². The van der Waals surface area contributed by atoms with Crippen LogP contribution in [0.4, 0.5) is 4.79 Å². The molecule has 0 aliphatic rings. The summed E-state index contributed by atoms with van der Waals surface area (Å²) >= 11 is 0. The van der Waals surface area contributed by atoms with Crippen molar-refractivity contribution in [1.82, 2.24) is 9.44 Å². The quantitative estimate of drug-likeness (QED) is 0.585. The van der Waals surface area contributed by atoms with Gasteiger partial charge in [0.05, 0.1) is 6.61 Å². The van der Waals surface area contributed by atoms with Gasteiger partial charge < -0.3 is 9.84 Å². The molecule has 0 saturated heterocycles. The second-order valence-corrected chi connectivity index (χ2v) is 4.92. The van der Waals surface area contributed by atoms with Crippen molar-refractivity contribution >= 4 is 22.3 Å². The predicted octanol–water partition coefficient (Wildman–Crippen LogP) is 0.210. The molecular formula is C9H18N2O6S. The molecule has 18 heavy (non-hydrogen) atoms. The summed E-state index contributed by atoms with van der Waals surface area (Å²) in [5.41, 5.74) is 0. The summed E-state index contributed by atoms with van der Waals surface area (Å²) in [5, 5.41) is 8.83. The molecule has 0 radical (unpaired) electrons. The van der Waals surface area contributed by atoms with E-state index in [2.05, 4.69) is 4.74 Å². The van der Waals surface area contributed by atoms with E-state index >= 15 is 0 Å². The Kier molecular flexibility index (Phi) is 7.29. The second kappa shape index (κ2) is 7.88. The minimum absolute atomic E-state index is 0.0134. The molecule has 0 saturated carbocycles. The molecule has 8 nitrogen and oxygen atoms in total. The van der Waals surface area contributed by atoms with Gasteiger partial charge in [0, 0.05) is 0 Å². The van der Waals surface area contributed by atoms with E-state index in [1.807, 2.05) is 11.6 Å². The summed E-state index contributed by atoms with van der Waals surface area (Å²) in [7, 11) is -4.23. The van der Waals surface area contributed by atoms with Gasteiger partial charge in [0.15, 0.2) is 0 Å². The normalized spacial score (nSPS) is 12.8. The first-order valence-corrected chi connectivity index (χ1v) is 7.00. The summed E-state index contributed by atoms with van der Waals surface area (Å²) in [4.78, 5) is 21.7. The minimum Gasteiger partial charge on any atom is -0.480 e. The van der Waals surface area contributed by atoms with Crippen LogP contribution < -0.4 is 9.44 Å². The van der Waals surface area contributed by atoms with Gasteiger partial charge in [-0.3, -0.25) is 4.79 Å². The number of carboxylic acids is 1. The van der Waals surface area contributed by atoms with Gasteiger partial charge >= 0.3 is 22.3 Å². The fraction of sp³-hybridized carbons (Fsp3) is 0.778. The van der Waals surface area contributed by atoms with Gasteiger partial charge in [0.2, 0.25) is 0 Å². The van der Waals surface area contributed by atoms with Gasteiger partial charge in [0.25, 0.3) is 0 Å². The van der Waals surface area contributed by atoms with Crippen molar-refractivity contribution in [3.63, 3.8) is 0 Å². The van der Waals surface area contributed by atoms with Crippen LogP contribution in [-0.4, -0.2) is 38.2 Å². The Bertz CT molecular complexity index is 381. The number of ether oxygens (including phenoxy) is 1. The number of hydrogen-bond donors (Lipinski definition) is 3. The molecule has 0 aliphatic heterocycles. The largest absolute Gasteiger partial charge is 0.480 e. The molecule has 9 heteroatoms. The number of carboxylic acid groups (broad SMARTS) is 1. The van der Waals surface area contributed by atoms with Crippen molar-refractivity contribution in [2.75, 3.05) is 6.61 Å². The van der Waals surface area contributed by atoms with Gasteiger partial charge in [-0.15, -0.1) is 0 Å². The Morgan fingerprint density at radius 1 is 1.33 bits per heavy atom. The molecule has 0 spiro atoms. The summed E-state index contributed by atoms with van der Waals surface area (Å²) in [6.45, 7) is 3.38. The summed E-state index contributed by atoms with van der Waals surface area (Å²) in [6, 6.07) is -1.27. The van der Waals surface area contributed by atoms with E-state index in [0.29, 0.717) is 6.42 Å². The van der Waals surface area contributed by atoms with Crippen LogP contribution in [0.25, 0.3) is 0 Å². The average molecular weight is 282 g/mol. The lowest BCUT2D eigenvalue weighted by atomic mass is 10.1. The number of aliphatic carboxylic acids is 1. The fourth-order valence-corrected chi connectivity index (χ4v) is 2.06. The van der Waals surface area contributed by atoms with Crippen LogP contribution in [0.5, 0.6) is 0 Å². The molecule has 0 aromatic heterocycles. The Balaban J connectivity index is 4.51. The number of hydrogen-bond acceptors (Lipinski definition) is 5. The molecule has 0 aliphatic carbocycles. The van der Waals surface area contributed by atoms with Crippen molar-refractivity contribution in [3.05, 3.63) is 0 Å². The van der Waals surface area contributed by atoms with Crippen molar-refractivity contribution in [2.45, 2.75) is 39.2 Å². The smallest absolute Gasteiger partial charge is 0.421 e. The number of carbonyl (C=O) groups excluding carboxylic acids is 1. The summed E-state index contributed by atoms with van der Waals surface area (Å²) in [5.74, 6) is -1.29. The summed E-state index contributed by atoms with van der Waals surface area (Å²) in [6.07, 6.45) is 0.287. The zero-order valence-corrected chi connectivity index (χ0v) is 11.1. The zero-order valence-electron chi connectivity index (χ0n) is 10.3. The van der Waals surface area contributed by atoms with Gasteiger partial charge in [-0.2, -0.15) is 13.1 Å². The maximum absolute atomic E-state index is 11.4. The van der Waals surface area contributed by atoms with Crippen LogP contribution in [0, 0.1) is 0 Å². The van der Waals surface area contributed by atoms with Crippen LogP contribution in [0.15, 0.2) is 0 Å². The molecule has 106 valence electrons. The maximum atomic E-state index is 11.4. The maximum Gasteiger partial charge on any atom is 0.421 e. The lowest BCUT2D eigenvalue weighted by Crippen LogP contribution is -2.48. The highest BCUT2D eigenvalue weighted by Gasteiger charge is 2.24. The van der Waals surface area contributed by atoms with Crippen molar-refractivity contribution < 1.29 is 27.9 Å². The van der Waals surface area contributed by atoms with Crippen molar-refractivity contribution in [2.24, 2.45) is 0 Å². The first-order valence-electron chi connectivity index (χ1n) is 5.52. The van der Waals surface area contributed by atoms with E-state index in [4.69, 9.17) is 5.11 Å². The van der Waals surface area contributed by atoms with Gasteiger partial charge in [-0.1, -0.05) is 19.8 Å². The molecule has 0 aromatic carbocycles.